The summed E-state index contributed by atoms with van der Waals surface area (Å²) in [5, 5.41) is 7.86. The summed E-state index contributed by atoms with van der Waals surface area (Å²) in [6.07, 6.45) is 1.65. The third kappa shape index (κ3) is 4.45. The minimum absolute atomic E-state index is 0.0309. The van der Waals surface area contributed by atoms with Crippen LogP contribution >= 0.6 is 11.8 Å². The van der Waals surface area contributed by atoms with Crippen LogP contribution in [-0.2, 0) is 11.3 Å². The number of rotatable bonds is 6. The van der Waals surface area contributed by atoms with Crippen LogP contribution in [0.3, 0.4) is 0 Å². The average molecular weight is 338 g/mol. The van der Waals surface area contributed by atoms with E-state index < -0.39 is 0 Å². The van der Waals surface area contributed by atoms with Gasteiger partial charge < -0.3 is 5.32 Å². The number of thioether (sulfide) groups is 1. The van der Waals surface area contributed by atoms with Gasteiger partial charge in [-0.15, -0.1) is 5.10 Å². The van der Waals surface area contributed by atoms with Crippen LogP contribution in [0.15, 0.2) is 66.1 Å². The SMILES string of the molecule is Cc1ccc(CNC(=O)CSc2ncn(-c3ccccc3)n2)cc1. The molecule has 1 aromatic heterocycles. The molecule has 0 radical (unpaired) electrons. The Bertz CT molecular complexity index is 799. The third-order valence-electron chi connectivity index (χ3n) is 3.43. The summed E-state index contributed by atoms with van der Waals surface area (Å²) in [7, 11) is 0. The van der Waals surface area contributed by atoms with E-state index in [4.69, 9.17) is 0 Å². The van der Waals surface area contributed by atoms with Crippen molar-refractivity contribution in [2.45, 2.75) is 18.6 Å². The Kier molecular flexibility index (Phi) is 5.28. The van der Waals surface area contributed by atoms with Gasteiger partial charge in [0.15, 0.2) is 0 Å². The van der Waals surface area contributed by atoms with Gasteiger partial charge in [-0.1, -0.05) is 59.8 Å². The van der Waals surface area contributed by atoms with E-state index in [0.29, 0.717) is 17.5 Å². The first kappa shape index (κ1) is 16.3. The molecule has 0 aliphatic rings. The quantitative estimate of drug-likeness (QED) is 0.702. The highest BCUT2D eigenvalue weighted by molar-refractivity contribution is 7.99. The maximum absolute atomic E-state index is 11.9. The summed E-state index contributed by atoms with van der Waals surface area (Å²) < 4.78 is 1.70. The van der Waals surface area contributed by atoms with Gasteiger partial charge in [0.2, 0.25) is 11.1 Å². The van der Waals surface area contributed by atoms with Crippen molar-refractivity contribution < 1.29 is 4.79 Å². The van der Waals surface area contributed by atoms with Crippen molar-refractivity contribution in [1.29, 1.82) is 0 Å². The van der Waals surface area contributed by atoms with Crippen molar-refractivity contribution in [3.8, 4) is 5.69 Å². The second kappa shape index (κ2) is 7.79. The molecule has 0 fully saturated rings. The number of carbonyl (C=O) groups is 1. The van der Waals surface area contributed by atoms with Gasteiger partial charge in [-0.2, -0.15) is 0 Å². The van der Waals surface area contributed by atoms with E-state index in [9.17, 15) is 4.79 Å². The van der Waals surface area contributed by atoms with Gasteiger partial charge in [0.05, 0.1) is 11.4 Å². The lowest BCUT2D eigenvalue weighted by Crippen LogP contribution is -2.24. The standard InChI is InChI=1S/C18H18N4OS/c1-14-7-9-15(10-8-14)11-19-17(23)12-24-18-20-13-22(21-18)16-5-3-2-4-6-16/h2-10,13H,11-12H2,1H3,(H,19,23). The summed E-state index contributed by atoms with van der Waals surface area (Å²) in [5.74, 6) is 0.265. The molecule has 0 bridgehead atoms. The number of aromatic nitrogens is 3. The maximum atomic E-state index is 11.9. The number of amides is 1. The number of nitrogens with zero attached hydrogens (tertiary/aromatic N) is 3. The van der Waals surface area contributed by atoms with Gasteiger partial charge in [0, 0.05) is 6.54 Å². The van der Waals surface area contributed by atoms with Gasteiger partial charge in [0.1, 0.15) is 6.33 Å². The zero-order valence-electron chi connectivity index (χ0n) is 13.3. The molecule has 3 rings (SSSR count). The summed E-state index contributed by atoms with van der Waals surface area (Å²) in [5.41, 5.74) is 3.24. The first-order valence-corrected chi connectivity index (χ1v) is 8.61. The van der Waals surface area contributed by atoms with Crippen molar-refractivity contribution in [3.05, 3.63) is 72.1 Å². The molecule has 0 saturated heterocycles. The number of benzene rings is 2. The van der Waals surface area contributed by atoms with Crippen LogP contribution < -0.4 is 5.32 Å². The minimum Gasteiger partial charge on any atom is -0.351 e. The lowest BCUT2D eigenvalue weighted by Gasteiger charge is -2.04. The molecule has 5 nitrogen and oxygen atoms in total. The molecule has 1 heterocycles. The molecule has 0 unspecified atom stereocenters. The zero-order chi connectivity index (χ0) is 16.8. The predicted molar refractivity (Wildman–Crippen MR) is 95.1 cm³/mol. The van der Waals surface area contributed by atoms with E-state index in [-0.39, 0.29) is 5.91 Å². The van der Waals surface area contributed by atoms with Gasteiger partial charge in [-0.25, -0.2) is 9.67 Å². The molecule has 0 atom stereocenters. The van der Waals surface area contributed by atoms with Crippen molar-refractivity contribution in [2.24, 2.45) is 0 Å². The van der Waals surface area contributed by atoms with Gasteiger partial charge in [-0.3, -0.25) is 4.79 Å². The van der Waals surface area contributed by atoms with Crippen LogP contribution in [0, 0.1) is 6.92 Å². The van der Waals surface area contributed by atoms with E-state index in [2.05, 4.69) is 15.4 Å². The van der Waals surface area contributed by atoms with Crippen molar-refractivity contribution in [1.82, 2.24) is 20.1 Å². The number of hydrogen-bond acceptors (Lipinski definition) is 4. The summed E-state index contributed by atoms with van der Waals surface area (Å²) in [6.45, 7) is 2.58. The molecule has 1 N–H and O–H groups in total. The third-order valence-corrected chi connectivity index (χ3v) is 4.29. The fourth-order valence-electron chi connectivity index (χ4n) is 2.11. The number of carbonyl (C=O) groups excluding carboxylic acids is 1. The zero-order valence-corrected chi connectivity index (χ0v) is 14.2. The van der Waals surface area contributed by atoms with Gasteiger partial charge >= 0.3 is 0 Å². The molecule has 0 aliphatic heterocycles. The first-order chi connectivity index (χ1) is 11.7. The monoisotopic (exact) mass is 338 g/mol. The number of hydrogen-bond donors (Lipinski definition) is 1. The number of nitrogens with one attached hydrogen (secondary N) is 1. The number of aryl methyl sites for hydroxylation is 1. The molecule has 6 heteroatoms. The molecule has 1 amide bonds. The normalized spacial score (nSPS) is 10.5. The Balaban J connectivity index is 1.48. The molecular weight excluding hydrogens is 320 g/mol. The van der Waals surface area contributed by atoms with Crippen LogP contribution in [0.1, 0.15) is 11.1 Å². The van der Waals surface area contributed by atoms with E-state index in [1.165, 1.54) is 17.3 Å². The van der Waals surface area contributed by atoms with Crippen LogP contribution in [0.2, 0.25) is 0 Å². The highest BCUT2D eigenvalue weighted by atomic mass is 32.2. The largest absolute Gasteiger partial charge is 0.351 e. The highest BCUT2D eigenvalue weighted by Gasteiger charge is 2.07. The van der Waals surface area contributed by atoms with E-state index in [1.54, 1.807) is 11.0 Å². The Morgan fingerprint density at radius 1 is 1.12 bits per heavy atom. The van der Waals surface area contributed by atoms with Gasteiger partial charge in [0.25, 0.3) is 0 Å². The second-order valence-electron chi connectivity index (χ2n) is 5.36. The van der Waals surface area contributed by atoms with Gasteiger partial charge in [-0.05, 0) is 24.6 Å². The second-order valence-corrected chi connectivity index (χ2v) is 6.30. The van der Waals surface area contributed by atoms with E-state index in [0.717, 1.165) is 11.3 Å². The summed E-state index contributed by atoms with van der Waals surface area (Å²) in [4.78, 5) is 16.2. The summed E-state index contributed by atoms with van der Waals surface area (Å²) >= 11 is 1.33. The fourth-order valence-corrected chi connectivity index (χ4v) is 2.74. The van der Waals surface area contributed by atoms with Crippen LogP contribution in [0.5, 0.6) is 0 Å². The van der Waals surface area contributed by atoms with Crippen LogP contribution in [0.25, 0.3) is 5.69 Å². The number of para-hydroxylation sites is 1. The fraction of sp³-hybridized carbons (Fsp3) is 0.167. The van der Waals surface area contributed by atoms with Crippen LogP contribution in [0.4, 0.5) is 0 Å². The van der Waals surface area contributed by atoms with Crippen LogP contribution in [-0.4, -0.2) is 26.4 Å². The molecule has 2 aromatic carbocycles. The Morgan fingerprint density at radius 2 is 1.88 bits per heavy atom. The maximum Gasteiger partial charge on any atom is 0.230 e. The van der Waals surface area contributed by atoms with E-state index in [1.807, 2.05) is 61.5 Å². The molecular formula is C18H18N4OS. The Labute approximate surface area is 145 Å². The molecule has 0 aliphatic carbocycles. The Morgan fingerprint density at radius 3 is 2.62 bits per heavy atom. The average Bonchev–Trinajstić information content (AvgIpc) is 3.09. The lowest BCUT2D eigenvalue weighted by atomic mass is 10.1. The molecule has 3 aromatic rings. The topological polar surface area (TPSA) is 59.8 Å². The molecule has 0 spiro atoms. The molecule has 0 saturated carbocycles. The Hall–Kier alpha value is -2.60. The highest BCUT2D eigenvalue weighted by Crippen LogP contribution is 2.14. The molecule has 122 valence electrons. The van der Waals surface area contributed by atoms with Crippen molar-refractivity contribution >= 4 is 17.7 Å². The molecule has 24 heavy (non-hydrogen) atoms. The smallest absolute Gasteiger partial charge is 0.230 e. The minimum atomic E-state index is -0.0309. The predicted octanol–water partition coefficient (Wildman–Crippen LogP) is 2.98. The van der Waals surface area contributed by atoms with Crippen molar-refractivity contribution in [3.63, 3.8) is 0 Å². The van der Waals surface area contributed by atoms with Crippen molar-refractivity contribution in [2.75, 3.05) is 5.75 Å². The van der Waals surface area contributed by atoms with E-state index >= 15 is 0 Å². The lowest BCUT2D eigenvalue weighted by molar-refractivity contribution is -0.118. The summed E-state index contributed by atoms with van der Waals surface area (Å²) in [6, 6.07) is 17.9. The first-order valence-electron chi connectivity index (χ1n) is 7.63.